The number of allylic oxidation sites excluding steroid dienone is 4. The quantitative estimate of drug-likeness (QED) is 0.646. The lowest BCUT2D eigenvalue weighted by Gasteiger charge is -2.32. The molecule has 0 unspecified atom stereocenters. The predicted octanol–water partition coefficient (Wildman–Crippen LogP) is 2.83. The summed E-state index contributed by atoms with van der Waals surface area (Å²) < 4.78 is 0. The maximum absolute atomic E-state index is 10.9. The molecule has 0 aliphatic heterocycles. The van der Waals surface area contributed by atoms with E-state index in [1.54, 1.807) is 13.0 Å². The molecule has 0 amide bonds. The van der Waals surface area contributed by atoms with Crippen molar-refractivity contribution in [3.63, 3.8) is 0 Å². The molecule has 0 fully saturated rings. The normalized spacial score (nSPS) is 20.3. The Bertz CT molecular complexity index is 296. The zero-order valence-electron chi connectivity index (χ0n) is 10.2. The molecule has 2 N–H and O–H groups in total. The highest BCUT2D eigenvalue weighted by Crippen LogP contribution is 2.40. The van der Waals surface area contributed by atoms with Gasteiger partial charge >= 0.3 is 0 Å². The molecular formula is C13H22O2. The van der Waals surface area contributed by atoms with Crippen molar-refractivity contribution in [1.29, 1.82) is 0 Å². The average Bonchev–Trinajstić information content (AvgIpc) is 2.01. The lowest BCUT2D eigenvalue weighted by molar-refractivity contribution is -0.112. The van der Waals surface area contributed by atoms with Crippen molar-refractivity contribution in [1.82, 2.24) is 0 Å². The van der Waals surface area contributed by atoms with E-state index in [9.17, 15) is 4.79 Å². The zero-order valence-corrected chi connectivity index (χ0v) is 10.2. The van der Waals surface area contributed by atoms with E-state index in [4.69, 9.17) is 0 Å². The van der Waals surface area contributed by atoms with E-state index >= 15 is 0 Å². The van der Waals surface area contributed by atoms with Crippen LogP contribution in [0.4, 0.5) is 0 Å². The summed E-state index contributed by atoms with van der Waals surface area (Å²) in [6.45, 7) is 8.30. The molecule has 0 saturated heterocycles. The van der Waals surface area contributed by atoms with Crippen LogP contribution < -0.4 is 0 Å². The van der Waals surface area contributed by atoms with Gasteiger partial charge in [-0.15, -0.1) is 0 Å². The molecule has 0 bridgehead atoms. The van der Waals surface area contributed by atoms with E-state index in [1.165, 1.54) is 30.4 Å². The van der Waals surface area contributed by atoms with Gasteiger partial charge in [-0.2, -0.15) is 0 Å². The van der Waals surface area contributed by atoms with Gasteiger partial charge in [-0.05, 0) is 50.2 Å². The standard InChI is InChI=1S/C13H20O.H2O/c1-10-6-5-9-13(3,4)12(10)8-7-11(2)14;/h7-8H,5-6,9H2,1-4H3;1H2/b8-7+;. The summed E-state index contributed by atoms with van der Waals surface area (Å²) in [7, 11) is 0. The van der Waals surface area contributed by atoms with Crippen LogP contribution in [0.2, 0.25) is 0 Å². The van der Waals surface area contributed by atoms with Gasteiger partial charge in [-0.3, -0.25) is 4.79 Å². The van der Waals surface area contributed by atoms with Crippen LogP contribution >= 0.6 is 0 Å². The molecule has 0 saturated carbocycles. The first kappa shape index (κ1) is 14.1. The van der Waals surface area contributed by atoms with Gasteiger partial charge in [0.15, 0.2) is 5.78 Å². The molecule has 1 aliphatic rings. The van der Waals surface area contributed by atoms with Gasteiger partial charge in [-0.1, -0.05) is 25.5 Å². The Balaban J connectivity index is 0.00000196. The minimum absolute atomic E-state index is 0. The number of ketones is 1. The molecule has 2 nitrogen and oxygen atoms in total. The first-order chi connectivity index (χ1) is 6.43. The van der Waals surface area contributed by atoms with Crippen LogP contribution in [0, 0.1) is 5.41 Å². The van der Waals surface area contributed by atoms with Crippen molar-refractivity contribution in [2.75, 3.05) is 0 Å². The summed E-state index contributed by atoms with van der Waals surface area (Å²) in [6, 6.07) is 0. The smallest absolute Gasteiger partial charge is 0.152 e. The first-order valence-electron chi connectivity index (χ1n) is 5.32. The van der Waals surface area contributed by atoms with Gasteiger partial charge in [0.25, 0.3) is 0 Å². The maximum atomic E-state index is 10.9. The third-order valence-corrected chi connectivity index (χ3v) is 3.03. The third-order valence-electron chi connectivity index (χ3n) is 3.03. The van der Waals surface area contributed by atoms with E-state index < -0.39 is 0 Å². The van der Waals surface area contributed by atoms with Crippen molar-refractivity contribution >= 4 is 5.78 Å². The summed E-state index contributed by atoms with van der Waals surface area (Å²) in [5, 5.41) is 0. The molecule has 0 radical (unpaired) electrons. The molecule has 1 aliphatic carbocycles. The van der Waals surface area contributed by atoms with Crippen molar-refractivity contribution < 1.29 is 10.3 Å². The Morgan fingerprint density at radius 2 is 2.00 bits per heavy atom. The molecule has 15 heavy (non-hydrogen) atoms. The van der Waals surface area contributed by atoms with Crippen molar-refractivity contribution in [2.45, 2.75) is 47.0 Å². The van der Waals surface area contributed by atoms with Crippen LogP contribution in [0.3, 0.4) is 0 Å². The Hall–Kier alpha value is -0.890. The fraction of sp³-hybridized carbons (Fsp3) is 0.615. The molecule has 0 atom stereocenters. The van der Waals surface area contributed by atoms with Crippen molar-refractivity contribution in [3.8, 4) is 0 Å². The van der Waals surface area contributed by atoms with Gasteiger partial charge in [0.1, 0.15) is 0 Å². The van der Waals surface area contributed by atoms with E-state index in [1.807, 2.05) is 6.08 Å². The Morgan fingerprint density at radius 3 is 2.47 bits per heavy atom. The summed E-state index contributed by atoms with van der Waals surface area (Å²) in [5.74, 6) is 0.131. The van der Waals surface area contributed by atoms with E-state index in [0.717, 1.165) is 0 Å². The van der Waals surface area contributed by atoms with E-state index in [2.05, 4.69) is 20.8 Å². The summed E-state index contributed by atoms with van der Waals surface area (Å²) in [6.07, 6.45) is 7.38. The Kier molecular flexibility index (Phi) is 4.95. The highest BCUT2D eigenvalue weighted by molar-refractivity contribution is 5.87. The number of carbonyl (C=O) groups is 1. The minimum atomic E-state index is 0. The Labute approximate surface area is 92.4 Å². The molecule has 86 valence electrons. The van der Waals surface area contributed by atoms with Gasteiger partial charge in [0.2, 0.25) is 0 Å². The number of carbonyl (C=O) groups excluding carboxylic acids is 1. The van der Waals surface area contributed by atoms with E-state index in [-0.39, 0.29) is 16.7 Å². The Morgan fingerprint density at radius 1 is 1.40 bits per heavy atom. The van der Waals surface area contributed by atoms with Crippen LogP contribution in [0.15, 0.2) is 23.3 Å². The molecule has 0 aromatic carbocycles. The number of hydrogen-bond acceptors (Lipinski definition) is 1. The average molecular weight is 210 g/mol. The van der Waals surface area contributed by atoms with E-state index in [0.29, 0.717) is 0 Å². The fourth-order valence-electron chi connectivity index (χ4n) is 2.21. The second kappa shape index (κ2) is 5.26. The van der Waals surface area contributed by atoms with Crippen LogP contribution in [0.25, 0.3) is 0 Å². The second-order valence-corrected chi connectivity index (χ2v) is 4.88. The lowest BCUT2D eigenvalue weighted by Crippen LogP contribution is -2.19. The highest BCUT2D eigenvalue weighted by atomic mass is 16.1. The maximum Gasteiger partial charge on any atom is 0.152 e. The predicted molar refractivity (Wildman–Crippen MR) is 63.8 cm³/mol. The van der Waals surface area contributed by atoms with Crippen molar-refractivity contribution in [3.05, 3.63) is 23.3 Å². The number of rotatable bonds is 2. The number of hydrogen-bond donors (Lipinski definition) is 0. The third kappa shape index (κ3) is 3.63. The fourth-order valence-corrected chi connectivity index (χ4v) is 2.21. The lowest BCUT2D eigenvalue weighted by atomic mass is 9.72. The molecule has 0 aromatic heterocycles. The monoisotopic (exact) mass is 210 g/mol. The molecular weight excluding hydrogens is 188 g/mol. The summed E-state index contributed by atoms with van der Waals surface area (Å²) >= 11 is 0. The molecule has 0 aromatic rings. The van der Waals surface area contributed by atoms with Crippen LogP contribution in [-0.2, 0) is 4.79 Å². The van der Waals surface area contributed by atoms with Crippen LogP contribution in [-0.4, -0.2) is 11.3 Å². The highest BCUT2D eigenvalue weighted by Gasteiger charge is 2.26. The van der Waals surface area contributed by atoms with Crippen LogP contribution in [0.1, 0.15) is 47.0 Å². The van der Waals surface area contributed by atoms with Gasteiger partial charge in [0.05, 0.1) is 0 Å². The topological polar surface area (TPSA) is 48.6 Å². The van der Waals surface area contributed by atoms with Gasteiger partial charge < -0.3 is 5.48 Å². The minimum Gasteiger partial charge on any atom is -0.412 e. The first-order valence-corrected chi connectivity index (χ1v) is 5.32. The van der Waals surface area contributed by atoms with Gasteiger partial charge in [0, 0.05) is 0 Å². The molecule has 0 heterocycles. The van der Waals surface area contributed by atoms with Crippen molar-refractivity contribution in [2.24, 2.45) is 5.41 Å². The molecule has 0 spiro atoms. The second-order valence-electron chi connectivity index (χ2n) is 4.88. The van der Waals surface area contributed by atoms with Crippen LogP contribution in [0.5, 0.6) is 0 Å². The summed E-state index contributed by atoms with van der Waals surface area (Å²) in [4.78, 5) is 10.9. The molecule has 2 heteroatoms. The SMILES string of the molecule is CC(=O)/C=C/C1=C(C)CCCC1(C)C.O. The zero-order chi connectivity index (χ0) is 10.8. The summed E-state index contributed by atoms with van der Waals surface area (Å²) in [5.41, 5.74) is 3.05. The molecule has 1 rings (SSSR count). The largest absolute Gasteiger partial charge is 0.412 e. The van der Waals surface area contributed by atoms with Gasteiger partial charge in [-0.25, -0.2) is 0 Å².